The molecule has 106 valence electrons. The lowest BCUT2D eigenvalue weighted by atomic mass is 10.1. The van der Waals surface area contributed by atoms with Crippen LogP contribution in [0.1, 0.15) is 5.56 Å². The molecule has 0 aliphatic heterocycles. The summed E-state index contributed by atoms with van der Waals surface area (Å²) in [5.74, 6) is 0.626. The zero-order chi connectivity index (χ0) is 15.0. The fourth-order valence-electron chi connectivity index (χ4n) is 1.99. The molecule has 3 rings (SSSR count). The van der Waals surface area contributed by atoms with E-state index in [-0.39, 0.29) is 0 Å². The van der Waals surface area contributed by atoms with Gasteiger partial charge in [-0.05, 0) is 75.2 Å². The van der Waals surface area contributed by atoms with Crippen LogP contribution in [0.2, 0.25) is 5.02 Å². The number of benzene rings is 2. The minimum absolute atomic E-state index is 0.614. The van der Waals surface area contributed by atoms with E-state index in [1.807, 2.05) is 31.2 Å². The van der Waals surface area contributed by atoms with Crippen molar-refractivity contribution in [1.82, 2.24) is 20.2 Å². The van der Waals surface area contributed by atoms with E-state index in [0.29, 0.717) is 10.8 Å². The Bertz CT molecular complexity index is 815. The third kappa shape index (κ3) is 2.64. The number of nitrogens with zero attached hydrogens (tertiary/aromatic N) is 4. The highest BCUT2D eigenvalue weighted by molar-refractivity contribution is 9.10. The molecule has 5 nitrogen and oxygen atoms in total. The van der Waals surface area contributed by atoms with Gasteiger partial charge in [0.1, 0.15) is 0 Å². The quantitative estimate of drug-likeness (QED) is 0.705. The Morgan fingerprint density at radius 3 is 2.76 bits per heavy atom. The van der Waals surface area contributed by atoms with Crippen molar-refractivity contribution in [2.45, 2.75) is 6.92 Å². The average molecular weight is 365 g/mol. The maximum absolute atomic E-state index is 6.06. The van der Waals surface area contributed by atoms with E-state index in [1.54, 1.807) is 16.8 Å². The predicted octanol–water partition coefficient (Wildman–Crippen LogP) is 3.64. The van der Waals surface area contributed by atoms with Crippen LogP contribution in [0, 0.1) is 6.92 Å². The number of rotatable bonds is 2. The molecule has 0 aliphatic rings. The summed E-state index contributed by atoms with van der Waals surface area (Å²) in [5.41, 5.74) is 9.23. The SMILES string of the molecule is Cc1cc(-c2nnnn2-c2cc(Cl)ccc2Br)ccc1N. The first-order valence-corrected chi connectivity index (χ1v) is 7.33. The van der Waals surface area contributed by atoms with Gasteiger partial charge in [0, 0.05) is 20.7 Å². The third-order valence-corrected chi connectivity index (χ3v) is 4.04. The molecule has 0 radical (unpaired) electrons. The normalized spacial score (nSPS) is 10.8. The summed E-state index contributed by atoms with van der Waals surface area (Å²) in [7, 11) is 0. The second-order valence-corrected chi connectivity index (χ2v) is 5.87. The van der Waals surface area contributed by atoms with Crippen molar-refractivity contribution in [3.05, 3.63) is 51.5 Å². The first-order chi connectivity index (χ1) is 10.1. The monoisotopic (exact) mass is 363 g/mol. The molecular weight excluding hydrogens is 354 g/mol. The largest absolute Gasteiger partial charge is 0.399 e. The van der Waals surface area contributed by atoms with Crippen molar-refractivity contribution in [3.8, 4) is 17.1 Å². The Morgan fingerprint density at radius 1 is 1.19 bits per heavy atom. The van der Waals surface area contributed by atoms with Crippen LogP contribution in [0.4, 0.5) is 5.69 Å². The Labute approximate surface area is 134 Å². The predicted molar refractivity (Wildman–Crippen MR) is 86.4 cm³/mol. The van der Waals surface area contributed by atoms with Crippen molar-refractivity contribution >= 4 is 33.2 Å². The number of tetrazole rings is 1. The summed E-state index contributed by atoms with van der Waals surface area (Å²) in [4.78, 5) is 0. The van der Waals surface area contributed by atoms with Crippen LogP contribution in [-0.4, -0.2) is 20.2 Å². The molecule has 1 heterocycles. The van der Waals surface area contributed by atoms with E-state index in [2.05, 4.69) is 31.5 Å². The number of nitrogen functional groups attached to an aromatic ring is 1. The van der Waals surface area contributed by atoms with Crippen molar-refractivity contribution in [3.63, 3.8) is 0 Å². The number of aryl methyl sites for hydroxylation is 1. The third-order valence-electron chi connectivity index (χ3n) is 3.13. The number of halogens is 2. The highest BCUT2D eigenvalue weighted by atomic mass is 79.9. The average Bonchev–Trinajstić information content (AvgIpc) is 2.93. The topological polar surface area (TPSA) is 69.6 Å². The lowest BCUT2D eigenvalue weighted by molar-refractivity contribution is 0.789. The Balaban J connectivity index is 2.17. The van der Waals surface area contributed by atoms with Gasteiger partial charge in [0.2, 0.25) is 0 Å². The van der Waals surface area contributed by atoms with Gasteiger partial charge in [-0.25, -0.2) is 0 Å². The van der Waals surface area contributed by atoms with Crippen LogP contribution < -0.4 is 5.73 Å². The maximum atomic E-state index is 6.06. The van der Waals surface area contributed by atoms with Gasteiger partial charge in [-0.2, -0.15) is 4.68 Å². The van der Waals surface area contributed by atoms with Crippen molar-refractivity contribution in [2.24, 2.45) is 0 Å². The summed E-state index contributed by atoms with van der Waals surface area (Å²) in [5, 5.41) is 12.5. The van der Waals surface area contributed by atoms with Gasteiger partial charge in [-0.3, -0.25) is 0 Å². The van der Waals surface area contributed by atoms with Crippen LogP contribution in [0.15, 0.2) is 40.9 Å². The molecule has 0 amide bonds. The van der Waals surface area contributed by atoms with Gasteiger partial charge in [0.05, 0.1) is 5.69 Å². The Morgan fingerprint density at radius 2 is 2.00 bits per heavy atom. The van der Waals surface area contributed by atoms with Gasteiger partial charge in [-0.15, -0.1) is 5.10 Å². The highest BCUT2D eigenvalue weighted by Gasteiger charge is 2.14. The minimum atomic E-state index is 0.614. The molecule has 3 aromatic rings. The second kappa shape index (κ2) is 5.46. The molecule has 1 aromatic heterocycles. The van der Waals surface area contributed by atoms with E-state index in [9.17, 15) is 0 Å². The fourth-order valence-corrected chi connectivity index (χ4v) is 2.57. The first kappa shape index (κ1) is 14.0. The second-order valence-electron chi connectivity index (χ2n) is 4.58. The van der Waals surface area contributed by atoms with E-state index in [4.69, 9.17) is 17.3 Å². The van der Waals surface area contributed by atoms with E-state index >= 15 is 0 Å². The molecule has 0 bridgehead atoms. The van der Waals surface area contributed by atoms with Gasteiger partial charge in [-0.1, -0.05) is 11.6 Å². The van der Waals surface area contributed by atoms with Crippen molar-refractivity contribution < 1.29 is 0 Å². The molecule has 2 aromatic carbocycles. The fraction of sp³-hybridized carbons (Fsp3) is 0.0714. The number of hydrogen-bond donors (Lipinski definition) is 1. The van der Waals surface area contributed by atoms with E-state index in [0.717, 1.165) is 27.0 Å². The molecule has 0 saturated heterocycles. The molecule has 0 spiro atoms. The molecule has 7 heteroatoms. The number of hydrogen-bond acceptors (Lipinski definition) is 4. The summed E-state index contributed by atoms with van der Waals surface area (Å²) >= 11 is 9.55. The first-order valence-electron chi connectivity index (χ1n) is 6.16. The Hall–Kier alpha value is -1.92. The molecule has 0 atom stereocenters. The van der Waals surface area contributed by atoms with E-state index < -0.39 is 0 Å². The number of anilines is 1. The zero-order valence-electron chi connectivity index (χ0n) is 11.1. The van der Waals surface area contributed by atoms with Crippen molar-refractivity contribution in [1.29, 1.82) is 0 Å². The zero-order valence-corrected chi connectivity index (χ0v) is 13.4. The smallest absolute Gasteiger partial charge is 0.187 e. The standard InChI is InChI=1S/C14H11BrClN5/c1-8-6-9(2-5-12(8)17)14-18-19-20-21(14)13-7-10(16)3-4-11(13)15/h2-7H,17H2,1H3. The van der Waals surface area contributed by atoms with Gasteiger partial charge in [0.25, 0.3) is 0 Å². The summed E-state index contributed by atoms with van der Waals surface area (Å²) in [6, 6.07) is 11.1. The molecule has 0 fully saturated rings. The summed E-state index contributed by atoms with van der Waals surface area (Å²) < 4.78 is 2.49. The Kier molecular flexibility index (Phi) is 3.65. The molecule has 0 aliphatic carbocycles. The molecule has 0 unspecified atom stereocenters. The van der Waals surface area contributed by atoms with Crippen LogP contribution in [0.5, 0.6) is 0 Å². The number of nitrogens with two attached hydrogens (primary N) is 1. The van der Waals surface area contributed by atoms with Crippen LogP contribution in [0.3, 0.4) is 0 Å². The maximum Gasteiger partial charge on any atom is 0.187 e. The highest BCUT2D eigenvalue weighted by Crippen LogP contribution is 2.28. The molecule has 0 saturated carbocycles. The summed E-state index contributed by atoms with van der Waals surface area (Å²) in [6.07, 6.45) is 0. The minimum Gasteiger partial charge on any atom is -0.399 e. The molecular formula is C14H11BrClN5. The van der Waals surface area contributed by atoms with Crippen LogP contribution in [-0.2, 0) is 0 Å². The van der Waals surface area contributed by atoms with E-state index in [1.165, 1.54) is 0 Å². The lowest BCUT2D eigenvalue weighted by Gasteiger charge is -2.08. The number of aromatic nitrogens is 4. The van der Waals surface area contributed by atoms with Crippen LogP contribution in [0.25, 0.3) is 17.1 Å². The lowest BCUT2D eigenvalue weighted by Crippen LogP contribution is -2.01. The summed E-state index contributed by atoms with van der Waals surface area (Å²) in [6.45, 7) is 1.95. The molecule has 2 N–H and O–H groups in total. The van der Waals surface area contributed by atoms with Crippen molar-refractivity contribution in [2.75, 3.05) is 5.73 Å². The van der Waals surface area contributed by atoms with Crippen LogP contribution >= 0.6 is 27.5 Å². The van der Waals surface area contributed by atoms with Gasteiger partial charge >= 0.3 is 0 Å². The van der Waals surface area contributed by atoms with Gasteiger partial charge in [0.15, 0.2) is 5.82 Å². The molecule has 21 heavy (non-hydrogen) atoms. The van der Waals surface area contributed by atoms with Gasteiger partial charge < -0.3 is 5.73 Å².